The Morgan fingerprint density at radius 1 is 1.04 bits per heavy atom. The van der Waals surface area contributed by atoms with Gasteiger partial charge in [-0.1, -0.05) is 42.5 Å². The SMILES string of the molecule is NC(=O)[N+]1(N2CCC(Cc3ccccc3)CC2)C=Cc2ccccc21. The van der Waals surface area contributed by atoms with Crippen molar-refractivity contribution in [1.82, 2.24) is 9.60 Å². The number of benzene rings is 2. The largest absolute Gasteiger partial charge is 0.443 e. The Hall–Kier alpha value is -2.43. The van der Waals surface area contributed by atoms with Crippen molar-refractivity contribution in [3.05, 3.63) is 71.9 Å². The molecule has 0 radical (unpaired) electrons. The van der Waals surface area contributed by atoms with Crippen molar-refractivity contribution >= 4 is 17.8 Å². The number of nitrogens with zero attached hydrogens (tertiary/aromatic N) is 2. The number of quaternary nitrogens is 1. The lowest BCUT2D eigenvalue weighted by Gasteiger charge is -2.41. The van der Waals surface area contributed by atoms with Gasteiger partial charge in [-0.05, 0) is 36.8 Å². The highest BCUT2D eigenvalue weighted by Crippen LogP contribution is 2.39. The topological polar surface area (TPSA) is 46.3 Å². The van der Waals surface area contributed by atoms with Crippen molar-refractivity contribution in [3.63, 3.8) is 0 Å². The van der Waals surface area contributed by atoms with Gasteiger partial charge in [0.2, 0.25) is 0 Å². The zero-order valence-corrected chi connectivity index (χ0v) is 14.3. The van der Waals surface area contributed by atoms with Crippen LogP contribution in [-0.4, -0.2) is 24.1 Å². The summed E-state index contributed by atoms with van der Waals surface area (Å²) in [4.78, 5) is 12.5. The zero-order valence-electron chi connectivity index (χ0n) is 14.3. The molecule has 0 bridgehead atoms. The average Bonchev–Trinajstić information content (AvgIpc) is 3.04. The highest BCUT2D eigenvalue weighted by atomic mass is 16.2. The van der Waals surface area contributed by atoms with Gasteiger partial charge >= 0.3 is 6.03 Å². The van der Waals surface area contributed by atoms with Crippen LogP contribution in [0.5, 0.6) is 0 Å². The number of carbonyl (C=O) groups excluding carboxylic acids is 1. The number of piperidine rings is 1. The van der Waals surface area contributed by atoms with E-state index in [1.54, 1.807) is 0 Å². The second-order valence-electron chi connectivity index (χ2n) is 6.99. The molecule has 1 fully saturated rings. The van der Waals surface area contributed by atoms with Crippen molar-refractivity contribution in [2.24, 2.45) is 11.7 Å². The third-order valence-corrected chi connectivity index (χ3v) is 5.51. The molecule has 2 aliphatic heterocycles. The smallest absolute Gasteiger partial charge is 0.317 e. The van der Waals surface area contributed by atoms with Crippen LogP contribution in [0.2, 0.25) is 0 Å². The molecule has 0 aromatic heterocycles. The lowest BCUT2D eigenvalue weighted by atomic mass is 9.90. The van der Waals surface area contributed by atoms with Crippen LogP contribution < -0.4 is 10.3 Å². The maximum atomic E-state index is 12.5. The van der Waals surface area contributed by atoms with Gasteiger partial charge in [-0.15, -0.1) is 9.60 Å². The second-order valence-corrected chi connectivity index (χ2v) is 6.99. The van der Waals surface area contributed by atoms with Crippen LogP contribution in [0.4, 0.5) is 10.5 Å². The number of nitrogens with two attached hydrogens (primary N) is 1. The molecule has 0 spiro atoms. The first-order valence-electron chi connectivity index (χ1n) is 8.97. The highest BCUT2D eigenvalue weighted by Gasteiger charge is 2.48. The van der Waals surface area contributed by atoms with Crippen molar-refractivity contribution in [2.75, 3.05) is 13.1 Å². The molecule has 0 saturated carbocycles. The fourth-order valence-electron chi connectivity index (χ4n) is 4.17. The lowest BCUT2D eigenvalue weighted by molar-refractivity contribution is 0.0315. The minimum Gasteiger partial charge on any atom is -0.317 e. The summed E-state index contributed by atoms with van der Waals surface area (Å²) >= 11 is 0. The quantitative estimate of drug-likeness (QED) is 0.865. The Balaban J connectivity index is 1.51. The molecule has 4 rings (SSSR count). The molecule has 2 N–H and O–H groups in total. The summed E-state index contributed by atoms with van der Waals surface area (Å²) in [5, 5.41) is 2.21. The van der Waals surface area contributed by atoms with E-state index in [9.17, 15) is 4.79 Å². The third-order valence-electron chi connectivity index (χ3n) is 5.51. The van der Waals surface area contributed by atoms with Crippen molar-refractivity contribution in [3.8, 4) is 0 Å². The molecular weight excluding hydrogens is 310 g/mol. The molecule has 1 atom stereocenters. The number of primary amides is 1. The Morgan fingerprint density at radius 2 is 1.72 bits per heavy atom. The number of fused-ring (bicyclic) bond motifs is 1. The molecule has 1 unspecified atom stereocenters. The molecule has 1 saturated heterocycles. The molecule has 2 amide bonds. The van der Waals surface area contributed by atoms with Gasteiger partial charge in [0, 0.05) is 30.8 Å². The number of carbonyl (C=O) groups is 1. The lowest BCUT2D eigenvalue weighted by Crippen LogP contribution is -2.64. The summed E-state index contributed by atoms with van der Waals surface area (Å²) in [6.07, 6.45) is 7.22. The van der Waals surface area contributed by atoms with E-state index < -0.39 is 0 Å². The first-order valence-corrected chi connectivity index (χ1v) is 8.97. The van der Waals surface area contributed by atoms with E-state index in [1.807, 2.05) is 36.5 Å². The second kappa shape index (κ2) is 6.47. The fourth-order valence-corrected chi connectivity index (χ4v) is 4.17. The van der Waals surface area contributed by atoms with Gasteiger partial charge in [-0.2, -0.15) is 0 Å². The maximum absolute atomic E-state index is 12.5. The van der Waals surface area contributed by atoms with E-state index in [0.717, 1.165) is 43.6 Å². The standard InChI is InChI=1S/C21H23N3O/c22-21(25)24(15-12-19-8-4-5-9-20(19)24)23-13-10-18(11-14-23)16-17-6-2-1-3-7-17/h1-9,12,15,18H,10-11,13-14,16H2,(H-,22,25)/p+1. The molecule has 0 aliphatic carbocycles. The summed E-state index contributed by atoms with van der Waals surface area (Å²) in [5.74, 6) is 0.661. The zero-order chi connectivity index (χ0) is 17.3. The van der Waals surface area contributed by atoms with Crippen LogP contribution in [0, 0.1) is 5.92 Å². The van der Waals surface area contributed by atoms with Crippen LogP contribution in [0.15, 0.2) is 60.8 Å². The van der Waals surface area contributed by atoms with Crippen LogP contribution in [0.1, 0.15) is 24.0 Å². The van der Waals surface area contributed by atoms with E-state index in [2.05, 4.69) is 35.3 Å². The normalized spacial score (nSPS) is 23.5. The van der Waals surface area contributed by atoms with E-state index in [1.165, 1.54) is 5.56 Å². The van der Waals surface area contributed by atoms with Gasteiger partial charge in [-0.25, -0.2) is 4.79 Å². The van der Waals surface area contributed by atoms with Gasteiger partial charge in [0.05, 0.1) is 0 Å². The van der Waals surface area contributed by atoms with Crippen molar-refractivity contribution in [2.45, 2.75) is 19.3 Å². The third kappa shape index (κ3) is 2.77. The summed E-state index contributed by atoms with van der Waals surface area (Å²) in [7, 11) is 0. The van der Waals surface area contributed by atoms with Gasteiger partial charge in [-0.3, -0.25) is 0 Å². The van der Waals surface area contributed by atoms with Gasteiger partial charge in [0.1, 0.15) is 6.20 Å². The van der Waals surface area contributed by atoms with Crippen molar-refractivity contribution in [1.29, 1.82) is 0 Å². The summed E-state index contributed by atoms with van der Waals surface area (Å²) in [6.45, 7) is 1.75. The number of para-hydroxylation sites is 1. The number of hydrogen-bond acceptors (Lipinski definition) is 2. The average molecular weight is 334 g/mol. The first-order chi connectivity index (χ1) is 12.2. The molecular formula is C21H24N3O+. The minimum absolute atomic E-state index is 0.0359. The molecule has 2 aliphatic rings. The maximum Gasteiger partial charge on any atom is 0.443 e. The Kier molecular flexibility index (Phi) is 4.15. The van der Waals surface area contributed by atoms with Crippen LogP contribution in [-0.2, 0) is 6.42 Å². The predicted octanol–water partition coefficient (Wildman–Crippen LogP) is 3.93. The van der Waals surface area contributed by atoms with E-state index in [4.69, 9.17) is 5.73 Å². The number of hydrogen-bond donors (Lipinski definition) is 1. The molecule has 2 aromatic rings. The molecule has 2 aromatic carbocycles. The van der Waals surface area contributed by atoms with Crippen LogP contribution in [0.25, 0.3) is 6.08 Å². The number of amides is 2. The molecule has 25 heavy (non-hydrogen) atoms. The summed E-state index contributed by atoms with van der Waals surface area (Å²) in [5.41, 5.74) is 9.32. The van der Waals surface area contributed by atoms with Gasteiger partial charge in [0.25, 0.3) is 0 Å². The van der Waals surface area contributed by atoms with Gasteiger partial charge in [0.15, 0.2) is 5.69 Å². The van der Waals surface area contributed by atoms with E-state index in [0.29, 0.717) is 5.92 Å². The van der Waals surface area contributed by atoms with Crippen LogP contribution in [0.3, 0.4) is 0 Å². The monoisotopic (exact) mass is 334 g/mol. The Bertz CT molecular complexity index is 794. The number of urea groups is 1. The minimum atomic E-state index is -0.331. The summed E-state index contributed by atoms with van der Waals surface area (Å²) in [6, 6.07) is 18.3. The molecule has 4 heteroatoms. The molecule has 2 heterocycles. The Labute approximate surface area is 148 Å². The van der Waals surface area contributed by atoms with E-state index >= 15 is 0 Å². The fraction of sp³-hybridized carbons (Fsp3) is 0.286. The van der Waals surface area contributed by atoms with Crippen LogP contribution >= 0.6 is 0 Å². The molecule has 4 nitrogen and oxygen atoms in total. The Morgan fingerprint density at radius 3 is 2.44 bits per heavy atom. The first kappa shape index (κ1) is 16.1. The molecule has 128 valence electrons. The highest BCUT2D eigenvalue weighted by molar-refractivity contribution is 5.93. The van der Waals surface area contributed by atoms with Crippen molar-refractivity contribution < 1.29 is 4.79 Å². The van der Waals surface area contributed by atoms with Gasteiger partial charge < -0.3 is 5.73 Å². The predicted molar refractivity (Wildman–Crippen MR) is 101 cm³/mol. The number of rotatable bonds is 3. The summed E-state index contributed by atoms with van der Waals surface area (Å²) < 4.78 is 0.0359. The van der Waals surface area contributed by atoms with E-state index in [-0.39, 0.29) is 10.6 Å².